The first-order valence-electron chi connectivity index (χ1n) is 4.52. The Morgan fingerprint density at radius 3 is 2.38 bits per heavy atom. The molecule has 2 unspecified atom stereocenters. The fraction of sp³-hybridized carbons (Fsp3) is 0.600. The van der Waals surface area contributed by atoms with Gasteiger partial charge >= 0.3 is 0 Å². The average Bonchev–Trinajstić information content (AvgIpc) is 2.48. The predicted octanol–water partition coefficient (Wildman–Crippen LogP) is 3.33. The zero-order valence-electron chi connectivity index (χ0n) is 8.25. The van der Waals surface area contributed by atoms with E-state index in [1.54, 1.807) is 6.26 Å². The van der Waals surface area contributed by atoms with Crippen LogP contribution in [0.4, 0.5) is 0 Å². The van der Waals surface area contributed by atoms with Gasteiger partial charge in [0.05, 0.1) is 16.8 Å². The van der Waals surface area contributed by atoms with Gasteiger partial charge in [-0.1, -0.05) is 20.8 Å². The van der Waals surface area contributed by atoms with Gasteiger partial charge in [-0.3, -0.25) is 0 Å². The van der Waals surface area contributed by atoms with Crippen molar-refractivity contribution in [2.24, 2.45) is 17.6 Å². The van der Waals surface area contributed by atoms with Gasteiger partial charge in [0.25, 0.3) is 0 Å². The maximum atomic E-state index is 6.06. The number of hydrogen-bond donors (Lipinski definition) is 1. The summed E-state index contributed by atoms with van der Waals surface area (Å²) in [6.45, 7) is 6.48. The molecule has 0 aliphatic rings. The van der Waals surface area contributed by atoms with Crippen LogP contribution in [0.2, 0.25) is 0 Å². The van der Waals surface area contributed by atoms with Gasteiger partial charge in [-0.25, -0.2) is 0 Å². The Kier molecular flexibility index (Phi) is 3.56. The second kappa shape index (κ2) is 4.29. The third kappa shape index (κ3) is 2.35. The van der Waals surface area contributed by atoms with Crippen LogP contribution < -0.4 is 5.73 Å². The highest BCUT2D eigenvalue weighted by Crippen LogP contribution is 2.30. The fourth-order valence-corrected chi connectivity index (χ4v) is 1.66. The molecule has 0 fully saturated rings. The molecule has 1 aromatic rings. The van der Waals surface area contributed by atoms with Crippen molar-refractivity contribution in [3.8, 4) is 0 Å². The van der Waals surface area contributed by atoms with Crippen molar-refractivity contribution in [3.63, 3.8) is 0 Å². The summed E-state index contributed by atoms with van der Waals surface area (Å²) in [6, 6.07) is 1.85. The molecule has 0 radical (unpaired) electrons. The van der Waals surface area contributed by atoms with Crippen LogP contribution in [0.5, 0.6) is 0 Å². The van der Waals surface area contributed by atoms with E-state index in [1.807, 2.05) is 6.07 Å². The van der Waals surface area contributed by atoms with Gasteiger partial charge < -0.3 is 10.2 Å². The molecule has 74 valence electrons. The molecule has 3 heteroatoms. The van der Waals surface area contributed by atoms with Gasteiger partial charge in [0, 0.05) is 0 Å². The Bertz CT molecular complexity index is 270. The van der Waals surface area contributed by atoms with E-state index in [0.29, 0.717) is 11.8 Å². The summed E-state index contributed by atoms with van der Waals surface area (Å²) in [5.41, 5.74) is 6.06. The predicted molar refractivity (Wildman–Crippen MR) is 57.3 cm³/mol. The van der Waals surface area contributed by atoms with Gasteiger partial charge in [-0.2, -0.15) is 0 Å². The molecule has 0 aliphatic heterocycles. The molecule has 0 bridgehead atoms. The first kappa shape index (κ1) is 10.8. The van der Waals surface area contributed by atoms with Gasteiger partial charge in [0.2, 0.25) is 0 Å². The van der Waals surface area contributed by atoms with Crippen LogP contribution >= 0.6 is 15.9 Å². The molecule has 1 aromatic heterocycles. The van der Waals surface area contributed by atoms with E-state index in [4.69, 9.17) is 10.2 Å². The van der Waals surface area contributed by atoms with Gasteiger partial charge in [0.15, 0.2) is 0 Å². The highest BCUT2D eigenvalue weighted by molar-refractivity contribution is 9.10. The van der Waals surface area contributed by atoms with Crippen molar-refractivity contribution < 1.29 is 4.42 Å². The van der Waals surface area contributed by atoms with E-state index in [0.717, 1.165) is 10.2 Å². The summed E-state index contributed by atoms with van der Waals surface area (Å²) in [5, 5.41) is 0. The Balaban J connectivity index is 2.79. The summed E-state index contributed by atoms with van der Waals surface area (Å²) < 4.78 is 6.29. The largest absolute Gasteiger partial charge is 0.466 e. The molecule has 2 nitrogen and oxygen atoms in total. The van der Waals surface area contributed by atoms with E-state index >= 15 is 0 Å². The topological polar surface area (TPSA) is 39.2 Å². The van der Waals surface area contributed by atoms with E-state index in [9.17, 15) is 0 Å². The quantitative estimate of drug-likeness (QED) is 0.888. The van der Waals surface area contributed by atoms with E-state index in [-0.39, 0.29) is 6.04 Å². The SMILES string of the molecule is CC(C)C(C)C(N)c1occc1Br. The van der Waals surface area contributed by atoms with Crippen LogP contribution in [0, 0.1) is 11.8 Å². The summed E-state index contributed by atoms with van der Waals surface area (Å²) in [6.07, 6.45) is 1.66. The van der Waals surface area contributed by atoms with E-state index < -0.39 is 0 Å². The number of hydrogen-bond acceptors (Lipinski definition) is 2. The van der Waals surface area contributed by atoms with E-state index in [2.05, 4.69) is 36.7 Å². The molecule has 13 heavy (non-hydrogen) atoms. The Morgan fingerprint density at radius 2 is 2.00 bits per heavy atom. The standard InChI is InChI=1S/C10H16BrNO/c1-6(2)7(3)9(12)10-8(11)4-5-13-10/h4-7,9H,12H2,1-3H3. The highest BCUT2D eigenvalue weighted by Gasteiger charge is 2.22. The van der Waals surface area contributed by atoms with Gasteiger partial charge in [0.1, 0.15) is 5.76 Å². The molecule has 1 rings (SSSR count). The smallest absolute Gasteiger partial charge is 0.134 e. The second-order valence-corrected chi connectivity index (χ2v) is 4.62. The molecule has 0 saturated heterocycles. The Labute approximate surface area is 87.6 Å². The summed E-state index contributed by atoms with van der Waals surface area (Å²) in [4.78, 5) is 0. The van der Waals surface area contributed by atoms with Crippen molar-refractivity contribution in [2.75, 3.05) is 0 Å². The first-order chi connectivity index (χ1) is 6.04. The van der Waals surface area contributed by atoms with E-state index in [1.165, 1.54) is 0 Å². The van der Waals surface area contributed by atoms with Gasteiger partial charge in [-0.05, 0) is 33.8 Å². The summed E-state index contributed by atoms with van der Waals surface area (Å²) in [7, 11) is 0. The minimum Gasteiger partial charge on any atom is -0.466 e. The fourth-order valence-electron chi connectivity index (χ4n) is 1.20. The van der Waals surface area contributed by atoms with Crippen LogP contribution in [0.15, 0.2) is 21.2 Å². The lowest BCUT2D eigenvalue weighted by atomic mass is 9.89. The molecule has 1 heterocycles. The van der Waals surface area contributed by atoms with Crippen LogP contribution in [0.1, 0.15) is 32.6 Å². The molecular weight excluding hydrogens is 230 g/mol. The van der Waals surface area contributed by atoms with Crippen LogP contribution in [0.25, 0.3) is 0 Å². The average molecular weight is 246 g/mol. The molecule has 0 spiro atoms. The lowest BCUT2D eigenvalue weighted by Gasteiger charge is -2.21. The van der Waals surface area contributed by atoms with Crippen molar-refractivity contribution in [3.05, 3.63) is 22.6 Å². The number of halogens is 1. The Hall–Kier alpha value is -0.280. The number of rotatable bonds is 3. The zero-order valence-corrected chi connectivity index (χ0v) is 9.84. The minimum absolute atomic E-state index is 0.0237. The lowest BCUT2D eigenvalue weighted by molar-refractivity contribution is 0.311. The molecule has 2 atom stereocenters. The van der Waals surface area contributed by atoms with Gasteiger partial charge in [-0.15, -0.1) is 0 Å². The zero-order chi connectivity index (χ0) is 10.0. The normalized spacial score (nSPS) is 16.2. The Morgan fingerprint density at radius 1 is 1.38 bits per heavy atom. The maximum absolute atomic E-state index is 6.06. The van der Waals surface area contributed by atoms with Crippen molar-refractivity contribution in [1.82, 2.24) is 0 Å². The number of nitrogens with two attached hydrogens (primary N) is 1. The molecule has 0 amide bonds. The third-order valence-corrected chi connectivity index (χ3v) is 3.22. The first-order valence-corrected chi connectivity index (χ1v) is 5.31. The maximum Gasteiger partial charge on any atom is 0.134 e. The van der Waals surface area contributed by atoms with Crippen LogP contribution in [-0.4, -0.2) is 0 Å². The monoisotopic (exact) mass is 245 g/mol. The van der Waals surface area contributed by atoms with Crippen molar-refractivity contribution >= 4 is 15.9 Å². The minimum atomic E-state index is -0.0237. The summed E-state index contributed by atoms with van der Waals surface area (Å²) in [5.74, 6) is 1.83. The second-order valence-electron chi connectivity index (χ2n) is 3.76. The van der Waals surface area contributed by atoms with Crippen LogP contribution in [-0.2, 0) is 0 Å². The molecule has 2 N–H and O–H groups in total. The molecule has 0 saturated carbocycles. The lowest BCUT2D eigenvalue weighted by Crippen LogP contribution is -2.22. The van der Waals surface area contributed by atoms with Crippen molar-refractivity contribution in [1.29, 1.82) is 0 Å². The molecular formula is C10H16BrNO. The molecule has 0 aromatic carbocycles. The van der Waals surface area contributed by atoms with Crippen LogP contribution in [0.3, 0.4) is 0 Å². The third-order valence-electron chi connectivity index (χ3n) is 2.57. The highest BCUT2D eigenvalue weighted by atomic mass is 79.9. The summed E-state index contributed by atoms with van der Waals surface area (Å²) >= 11 is 3.41. The number of furan rings is 1. The molecule has 0 aliphatic carbocycles. The van der Waals surface area contributed by atoms with Crippen molar-refractivity contribution in [2.45, 2.75) is 26.8 Å².